The fraction of sp³-hybridized carbons (Fsp3) is 0.0500. The van der Waals surface area contributed by atoms with E-state index >= 15 is 0 Å². The summed E-state index contributed by atoms with van der Waals surface area (Å²) in [6, 6.07) is 13.7. The number of anilines is 1. The van der Waals surface area contributed by atoms with E-state index in [0.29, 0.717) is 26.9 Å². The molecule has 10 heteroatoms. The molecule has 0 aliphatic carbocycles. The van der Waals surface area contributed by atoms with Crippen LogP contribution in [0.15, 0.2) is 66.1 Å². The molecule has 3 N–H and O–H groups in total. The summed E-state index contributed by atoms with van der Waals surface area (Å²) in [4.78, 5) is 32.0. The first-order valence-corrected chi connectivity index (χ1v) is 10.1. The van der Waals surface area contributed by atoms with Gasteiger partial charge in [-0.15, -0.1) is 0 Å². The van der Waals surface area contributed by atoms with Crippen molar-refractivity contribution in [2.45, 2.75) is 5.03 Å². The maximum absolute atomic E-state index is 12.3. The number of nitrogens with one attached hydrogen (secondary N) is 1. The minimum atomic E-state index is -0.519. The molecule has 2 amide bonds. The van der Waals surface area contributed by atoms with Gasteiger partial charge in [-0.3, -0.25) is 9.59 Å². The third kappa shape index (κ3) is 4.27. The van der Waals surface area contributed by atoms with Crippen molar-refractivity contribution in [2.24, 2.45) is 5.73 Å². The largest absolute Gasteiger partial charge is 0.366 e. The number of nitrogens with two attached hydrogens (primary N) is 1. The quantitative estimate of drug-likeness (QED) is 0.352. The summed E-state index contributed by atoms with van der Waals surface area (Å²) in [7, 11) is 0. The van der Waals surface area contributed by atoms with E-state index in [-0.39, 0.29) is 11.7 Å². The number of amides is 2. The molecular weight excluding hydrogens is 424 g/mol. The van der Waals surface area contributed by atoms with E-state index in [1.54, 1.807) is 47.3 Å². The number of fused-ring (bicyclic) bond motifs is 1. The zero-order chi connectivity index (χ0) is 21.1. The average molecular weight is 439 g/mol. The maximum Gasteiger partial charge on any atom is 0.248 e. The number of hydrogen-bond acceptors (Lipinski definition) is 6. The first-order valence-electron chi connectivity index (χ1n) is 8.78. The molecule has 0 aliphatic rings. The van der Waals surface area contributed by atoms with Crippen LogP contribution in [0, 0.1) is 0 Å². The number of carbonyl (C=O) groups is 2. The highest BCUT2D eigenvalue weighted by molar-refractivity contribution is 8.00. The highest BCUT2D eigenvalue weighted by Crippen LogP contribution is 2.26. The van der Waals surface area contributed by atoms with Crippen molar-refractivity contribution in [3.63, 3.8) is 0 Å². The molecule has 30 heavy (non-hydrogen) atoms. The summed E-state index contributed by atoms with van der Waals surface area (Å²) in [5.74, 6) is -0.582. The number of nitrogens with zero attached hydrogens (tertiary/aromatic N) is 4. The molecule has 0 aliphatic heterocycles. The van der Waals surface area contributed by atoms with Gasteiger partial charge in [-0.1, -0.05) is 29.4 Å². The van der Waals surface area contributed by atoms with E-state index < -0.39 is 5.91 Å². The van der Waals surface area contributed by atoms with Crippen LogP contribution in [0.1, 0.15) is 10.4 Å². The summed E-state index contributed by atoms with van der Waals surface area (Å²) in [5, 5.41) is 9.14. The SMILES string of the molecule is NC(=O)c1ccc(NC(=O)CSc2ncnc3c2cnn3-c2cccc(Cl)c2)cc1. The van der Waals surface area contributed by atoms with Crippen molar-refractivity contribution < 1.29 is 9.59 Å². The van der Waals surface area contributed by atoms with Crippen LogP contribution in [0.3, 0.4) is 0 Å². The summed E-state index contributed by atoms with van der Waals surface area (Å²) in [6.45, 7) is 0. The molecule has 4 rings (SSSR count). The van der Waals surface area contributed by atoms with Crippen LogP contribution in [0.25, 0.3) is 16.7 Å². The lowest BCUT2D eigenvalue weighted by molar-refractivity contribution is -0.113. The van der Waals surface area contributed by atoms with Gasteiger partial charge in [0.05, 0.1) is 23.0 Å². The number of aromatic nitrogens is 4. The Hall–Kier alpha value is -3.43. The van der Waals surface area contributed by atoms with Crippen LogP contribution in [-0.4, -0.2) is 37.3 Å². The van der Waals surface area contributed by atoms with Crippen LogP contribution in [0.4, 0.5) is 5.69 Å². The number of halogens is 1. The molecule has 2 aromatic carbocycles. The second-order valence-electron chi connectivity index (χ2n) is 6.23. The number of rotatable bonds is 6. The van der Waals surface area contributed by atoms with Crippen LogP contribution < -0.4 is 11.1 Å². The molecule has 0 spiro atoms. The van der Waals surface area contributed by atoms with E-state index in [2.05, 4.69) is 20.4 Å². The first kappa shape index (κ1) is 19.9. The van der Waals surface area contributed by atoms with Crippen molar-refractivity contribution in [1.82, 2.24) is 19.7 Å². The number of hydrogen-bond donors (Lipinski definition) is 2. The van der Waals surface area contributed by atoms with Crippen LogP contribution in [0.2, 0.25) is 5.02 Å². The number of thioether (sulfide) groups is 1. The molecule has 2 heterocycles. The van der Waals surface area contributed by atoms with Crippen LogP contribution in [0.5, 0.6) is 0 Å². The fourth-order valence-electron chi connectivity index (χ4n) is 2.78. The van der Waals surface area contributed by atoms with Gasteiger partial charge in [0.25, 0.3) is 0 Å². The van der Waals surface area contributed by atoms with Crippen LogP contribution >= 0.6 is 23.4 Å². The minimum absolute atomic E-state index is 0.145. The Morgan fingerprint density at radius 1 is 1.13 bits per heavy atom. The third-order valence-electron chi connectivity index (χ3n) is 4.18. The molecule has 0 saturated carbocycles. The van der Waals surface area contributed by atoms with E-state index in [4.69, 9.17) is 17.3 Å². The zero-order valence-electron chi connectivity index (χ0n) is 15.4. The number of benzene rings is 2. The monoisotopic (exact) mass is 438 g/mol. The molecule has 0 radical (unpaired) electrons. The molecular formula is C20H15ClN6O2S. The Bertz CT molecular complexity index is 1240. The average Bonchev–Trinajstić information content (AvgIpc) is 3.17. The molecule has 0 unspecified atom stereocenters. The van der Waals surface area contributed by atoms with Gasteiger partial charge in [0.2, 0.25) is 11.8 Å². The standard InChI is InChI=1S/C20H15ClN6O2S/c21-13-2-1-3-15(8-13)27-19-16(9-25-27)20(24-11-23-19)30-10-17(28)26-14-6-4-12(5-7-14)18(22)29/h1-9,11H,10H2,(H2,22,29)(H,26,28). The molecule has 2 aromatic heterocycles. The maximum atomic E-state index is 12.3. The number of carbonyl (C=O) groups excluding carboxylic acids is 2. The van der Waals surface area contributed by atoms with E-state index in [1.807, 2.05) is 12.1 Å². The van der Waals surface area contributed by atoms with Crippen molar-refractivity contribution >= 4 is 51.9 Å². The Morgan fingerprint density at radius 2 is 1.93 bits per heavy atom. The lowest BCUT2D eigenvalue weighted by Crippen LogP contribution is -2.15. The molecule has 0 bridgehead atoms. The molecule has 8 nitrogen and oxygen atoms in total. The van der Waals surface area contributed by atoms with Gasteiger partial charge in [-0.2, -0.15) is 5.10 Å². The second kappa shape index (κ2) is 8.52. The van der Waals surface area contributed by atoms with Gasteiger partial charge < -0.3 is 11.1 Å². The molecule has 0 atom stereocenters. The molecule has 4 aromatic rings. The third-order valence-corrected chi connectivity index (χ3v) is 5.42. The van der Waals surface area contributed by atoms with Gasteiger partial charge in [-0.25, -0.2) is 14.6 Å². The highest BCUT2D eigenvalue weighted by atomic mass is 35.5. The van der Waals surface area contributed by atoms with E-state index in [1.165, 1.54) is 18.1 Å². The van der Waals surface area contributed by atoms with Gasteiger partial charge in [0.1, 0.15) is 11.4 Å². The summed E-state index contributed by atoms with van der Waals surface area (Å²) >= 11 is 7.35. The Labute approximate surface area is 180 Å². The lowest BCUT2D eigenvalue weighted by Gasteiger charge is -2.06. The fourth-order valence-corrected chi connectivity index (χ4v) is 3.73. The summed E-state index contributed by atoms with van der Waals surface area (Å²) < 4.78 is 1.67. The lowest BCUT2D eigenvalue weighted by atomic mass is 10.2. The topological polar surface area (TPSA) is 116 Å². The normalized spacial score (nSPS) is 10.8. The minimum Gasteiger partial charge on any atom is -0.366 e. The second-order valence-corrected chi connectivity index (χ2v) is 7.63. The Morgan fingerprint density at radius 3 is 2.67 bits per heavy atom. The Balaban J connectivity index is 1.48. The van der Waals surface area contributed by atoms with Crippen molar-refractivity contribution in [2.75, 3.05) is 11.1 Å². The highest BCUT2D eigenvalue weighted by Gasteiger charge is 2.13. The smallest absolute Gasteiger partial charge is 0.248 e. The molecule has 150 valence electrons. The van der Waals surface area contributed by atoms with Gasteiger partial charge in [0.15, 0.2) is 5.65 Å². The van der Waals surface area contributed by atoms with Crippen LogP contribution in [-0.2, 0) is 4.79 Å². The van der Waals surface area contributed by atoms with Gasteiger partial charge in [-0.05, 0) is 42.5 Å². The van der Waals surface area contributed by atoms with Gasteiger partial charge in [0, 0.05) is 16.3 Å². The molecule has 0 fully saturated rings. The number of primary amides is 1. The Kier molecular flexibility index (Phi) is 5.64. The van der Waals surface area contributed by atoms with Crippen molar-refractivity contribution in [3.05, 3.63) is 71.6 Å². The predicted molar refractivity (Wildman–Crippen MR) is 116 cm³/mol. The summed E-state index contributed by atoms with van der Waals surface area (Å²) in [6.07, 6.45) is 3.10. The first-order chi connectivity index (χ1) is 14.5. The van der Waals surface area contributed by atoms with E-state index in [9.17, 15) is 9.59 Å². The van der Waals surface area contributed by atoms with E-state index in [0.717, 1.165) is 11.1 Å². The predicted octanol–water partition coefficient (Wildman–Crippen LogP) is 3.30. The van der Waals surface area contributed by atoms with Gasteiger partial charge >= 0.3 is 0 Å². The molecule has 0 saturated heterocycles. The summed E-state index contributed by atoms with van der Waals surface area (Å²) in [5.41, 5.74) is 7.57. The van der Waals surface area contributed by atoms with Crippen molar-refractivity contribution in [3.8, 4) is 5.69 Å². The zero-order valence-corrected chi connectivity index (χ0v) is 17.0. The van der Waals surface area contributed by atoms with Crippen molar-refractivity contribution in [1.29, 1.82) is 0 Å².